The molecule has 16 heavy (non-hydrogen) atoms. The Balaban J connectivity index is 2.64. The van der Waals surface area contributed by atoms with Gasteiger partial charge in [-0.1, -0.05) is 26.0 Å². The molecule has 1 aliphatic rings. The van der Waals surface area contributed by atoms with Crippen molar-refractivity contribution in [1.29, 1.82) is 0 Å². The Morgan fingerprint density at radius 1 is 1.44 bits per heavy atom. The molecule has 0 radical (unpaired) electrons. The molecule has 1 aromatic carbocycles. The summed E-state index contributed by atoms with van der Waals surface area (Å²) < 4.78 is 13.8. The first-order valence-corrected chi connectivity index (χ1v) is 5.32. The summed E-state index contributed by atoms with van der Waals surface area (Å²) in [5.74, 6) is -1.33. The van der Waals surface area contributed by atoms with Gasteiger partial charge in [-0.2, -0.15) is 0 Å². The van der Waals surface area contributed by atoms with Crippen molar-refractivity contribution in [3.05, 3.63) is 35.1 Å². The Kier molecular flexibility index (Phi) is 2.13. The molecule has 0 amide bonds. The van der Waals surface area contributed by atoms with E-state index < -0.39 is 17.2 Å². The Labute approximate surface area is 94.1 Å². The SMILES string of the molecule is Cc1cccc(F)c1C1(C(=O)O)CC1(C)C. The van der Waals surface area contributed by atoms with Crippen molar-refractivity contribution in [2.75, 3.05) is 0 Å². The summed E-state index contributed by atoms with van der Waals surface area (Å²) in [4.78, 5) is 11.4. The normalized spacial score (nSPS) is 26.5. The van der Waals surface area contributed by atoms with Crippen LogP contribution in [0.5, 0.6) is 0 Å². The molecule has 1 atom stereocenters. The zero-order valence-corrected chi connectivity index (χ0v) is 9.67. The van der Waals surface area contributed by atoms with E-state index in [-0.39, 0.29) is 5.41 Å². The molecule has 0 aliphatic heterocycles. The van der Waals surface area contributed by atoms with Crippen molar-refractivity contribution in [3.63, 3.8) is 0 Å². The van der Waals surface area contributed by atoms with Crippen LogP contribution in [0, 0.1) is 18.2 Å². The zero-order chi connectivity index (χ0) is 12.1. The minimum absolute atomic E-state index is 0.354. The van der Waals surface area contributed by atoms with Crippen LogP contribution in [0.4, 0.5) is 4.39 Å². The summed E-state index contributed by atoms with van der Waals surface area (Å²) in [6.07, 6.45) is 0.497. The maximum Gasteiger partial charge on any atom is 0.314 e. The van der Waals surface area contributed by atoms with Crippen LogP contribution in [0.3, 0.4) is 0 Å². The lowest BCUT2D eigenvalue weighted by Gasteiger charge is -2.19. The second kappa shape index (κ2) is 3.06. The topological polar surface area (TPSA) is 37.3 Å². The monoisotopic (exact) mass is 222 g/mol. The van der Waals surface area contributed by atoms with Crippen LogP contribution in [0.15, 0.2) is 18.2 Å². The molecule has 2 nitrogen and oxygen atoms in total. The molecule has 0 saturated heterocycles. The van der Waals surface area contributed by atoms with Crippen molar-refractivity contribution in [3.8, 4) is 0 Å². The van der Waals surface area contributed by atoms with Gasteiger partial charge in [-0.3, -0.25) is 4.79 Å². The summed E-state index contributed by atoms with van der Waals surface area (Å²) in [6, 6.07) is 4.71. The Bertz CT molecular complexity index is 445. The van der Waals surface area contributed by atoms with Crippen LogP contribution >= 0.6 is 0 Å². The molecule has 86 valence electrons. The van der Waals surface area contributed by atoms with Gasteiger partial charge in [-0.25, -0.2) is 4.39 Å². The quantitative estimate of drug-likeness (QED) is 0.835. The molecule has 1 saturated carbocycles. The molecule has 2 rings (SSSR count). The van der Waals surface area contributed by atoms with Gasteiger partial charge in [0.15, 0.2) is 0 Å². The Morgan fingerprint density at radius 3 is 2.38 bits per heavy atom. The largest absolute Gasteiger partial charge is 0.481 e. The highest BCUT2D eigenvalue weighted by Crippen LogP contribution is 2.65. The summed E-state index contributed by atoms with van der Waals surface area (Å²) in [6.45, 7) is 5.50. The molecule has 0 heterocycles. The number of rotatable bonds is 2. The van der Waals surface area contributed by atoms with Crippen molar-refractivity contribution in [1.82, 2.24) is 0 Å². The summed E-state index contributed by atoms with van der Waals surface area (Å²) in [5, 5.41) is 9.38. The van der Waals surface area contributed by atoms with Crippen LogP contribution in [0.25, 0.3) is 0 Å². The van der Waals surface area contributed by atoms with Gasteiger partial charge in [-0.15, -0.1) is 0 Å². The fraction of sp³-hybridized carbons (Fsp3) is 0.462. The maximum atomic E-state index is 13.8. The highest BCUT2D eigenvalue weighted by molar-refractivity contribution is 5.87. The average molecular weight is 222 g/mol. The minimum Gasteiger partial charge on any atom is -0.481 e. The third-order valence-electron chi connectivity index (χ3n) is 3.75. The molecular formula is C13H15FO2. The molecular weight excluding hydrogens is 207 g/mol. The first-order chi connectivity index (χ1) is 7.33. The predicted octanol–water partition coefficient (Wildman–Crippen LogP) is 2.89. The smallest absolute Gasteiger partial charge is 0.314 e. The van der Waals surface area contributed by atoms with Crippen LogP contribution in [0.1, 0.15) is 31.4 Å². The number of carboxylic acid groups (broad SMARTS) is 1. The lowest BCUT2D eigenvalue weighted by Crippen LogP contribution is -2.27. The molecule has 1 aromatic rings. The lowest BCUT2D eigenvalue weighted by atomic mass is 9.85. The van der Waals surface area contributed by atoms with Gasteiger partial charge in [0.05, 0.1) is 0 Å². The zero-order valence-electron chi connectivity index (χ0n) is 9.67. The molecule has 1 N–H and O–H groups in total. The van der Waals surface area contributed by atoms with E-state index in [2.05, 4.69) is 0 Å². The minimum atomic E-state index is -1.04. The van der Waals surface area contributed by atoms with Crippen LogP contribution < -0.4 is 0 Å². The third kappa shape index (κ3) is 1.20. The van der Waals surface area contributed by atoms with Gasteiger partial charge in [0, 0.05) is 5.56 Å². The standard InChI is InChI=1S/C13H15FO2/c1-8-5-4-6-9(14)10(8)13(11(15)16)7-12(13,2)3/h4-6H,7H2,1-3H3,(H,15,16). The highest BCUT2D eigenvalue weighted by atomic mass is 19.1. The van der Waals surface area contributed by atoms with Gasteiger partial charge in [0.1, 0.15) is 11.2 Å². The van der Waals surface area contributed by atoms with Gasteiger partial charge in [0.25, 0.3) is 0 Å². The first-order valence-electron chi connectivity index (χ1n) is 5.32. The van der Waals surface area contributed by atoms with Crippen molar-refractivity contribution in [2.24, 2.45) is 5.41 Å². The molecule has 3 heteroatoms. The number of carboxylic acids is 1. The molecule has 0 aromatic heterocycles. The van der Waals surface area contributed by atoms with Crippen molar-refractivity contribution >= 4 is 5.97 Å². The van der Waals surface area contributed by atoms with Crippen LogP contribution in [-0.4, -0.2) is 11.1 Å². The van der Waals surface area contributed by atoms with Crippen molar-refractivity contribution in [2.45, 2.75) is 32.6 Å². The second-order valence-electron chi connectivity index (χ2n) is 5.20. The lowest BCUT2D eigenvalue weighted by molar-refractivity contribution is -0.141. The number of aliphatic carboxylic acids is 1. The summed E-state index contributed by atoms with van der Waals surface area (Å²) >= 11 is 0. The molecule has 1 unspecified atom stereocenters. The van der Waals surface area contributed by atoms with E-state index in [4.69, 9.17) is 0 Å². The van der Waals surface area contributed by atoms with E-state index in [1.54, 1.807) is 19.1 Å². The number of carbonyl (C=O) groups is 1. The van der Waals surface area contributed by atoms with Crippen LogP contribution in [0.2, 0.25) is 0 Å². The fourth-order valence-electron chi connectivity index (χ4n) is 2.69. The Morgan fingerprint density at radius 2 is 2.00 bits per heavy atom. The number of halogens is 1. The van der Waals surface area contributed by atoms with Gasteiger partial charge in [0.2, 0.25) is 0 Å². The number of hydrogen-bond donors (Lipinski definition) is 1. The number of aryl methyl sites for hydroxylation is 1. The van der Waals surface area contributed by atoms with Gasteiger partial charge < -0.3 is 5.11 Å². The van der Waals surface area contributed by atoms with E-state index in [0.29, 0.717) is 17.5 Å². The van der Waals surface area contributed by atoms with E-state index >= 15 is 0 Å². The third-order valence-corrected chi connectivity index (χ3v) is 3.75. The second-order valence-corrected chi connectivity index (χ2v) is 5.20. The maximum absolute atomic E-state index is 13.8. The van der Waals surface area contributed by atoms with E-state index in [9.17, 15) is 14.3 Å². The predicted molar refractivity (Wildman–Crippen MR) is 58.8 cm³/mol. The first kappa shape index (κ1) is 11.1. The van der Waals surface area contributed by atoms with E-state index in [1.165, 1.54) is 6.07 Å². The van der Waals surface area contributed by atoms with Gasteiger partial charge in [-0.05, 0) is 30.4 Å². The fourth-order valence-corrected chi connectivity index (χ4v) is 2.69. The Hall–Kier alpha value is -1.38. The number of benzene rings is 1. The van der Waals surface area contributed by atoms with Crippen molar-refractivity contribution < 1.29 is 14.3 Å². The number of hydrogen-bond acceptors (Lipinski definition) is 1. The van der Waals surface area contributed by atoms with Gasteiger partial charge >= 0.3 is 5.97 Å². The summed E-state index contributed by atoms with van der Waals surface area (Å²) in [7, 11) is 0. The molecule has 0 bridgehead atoms. The van der Waals surface area contributed by atoms with Crippen LogP contribution in [-0.2, 0) is 10.2 Å². The average Bonchev–Trinajstić information content (AvgIpc) is 2.70. The molecule has 1 aliphatic carbocycles. The van der Waals surface area contributed by atoms with E-state index in [0.717, 1.165) is 0 Å². The highest BCUT2D eigenvalue weighted by Gasteiger charge is 2.69. The molecule has 0 spiro atoms. The van der Waals surface area contributed by atoms with E-state index in [1.807, 2.05) is 13.8 Å². The molecule has 1 fully saturated rings. The summed E-state index contributed by atoms with van der Waals surface area (Å²) in [5.41, 5.74) is -0.339.